The summed E-state index contributed by atoms with van der Waals surface area (Å²) in [5.41, 5.74) is 11.7. The van der Waals surface area contributed by atoms with Crippen molar-refractivity contribution in [3.8, 4) is 11.6 Å². The van der Waals surface area contributed by atoms with Crippen molar-refractivity contribution < 1.29 is 9.66 Å². The minimum atomic E-state index is -0.512. The zero-order valence-corrected chi connectivity index (χ0v) is 10.7. The lowest BCUT2D eigenvalue weighted by atomic mass is 10.1. The fourth-order valence-electron chi connectivity index (χ4n) is 1.64. The Kier molecular flexibility index (Phi) is 3.65. The third-order valence-corrected chi connectivity index (χ3v) is 2.58. The van der Waals surface area contributed by atoms with Crippen molar-refractivity contribution in [2.75, 3.05) is 11.5 Å². The summed E-state index contributed by atoms with van der Waals surface area (Å²) in [5.74, 6) is 0.195. The molecule has 1 aromatic carbocycles. The molecule has 0 aliphatic rings. The fourth-order valence-corrected chi connectivity index (χ4v) is 1.64. The van der Waals surface area contributed by atoms with E-state index in [2.05, 4.69) is 9.97 Å². The molecule has 4 N–H and O–H groups in total. The van der Waals surface area contributed by atoms with Gasteiger partial charge in [0, 0.05) is 12.1 Å². The number of ether oxygens (including phenoxy) is 1. The van der Waals surface area contributed by atoms with E-state index in [4.69, 9.17) is 16.2 Å². The summed E-state index contributed by atoms with van der Waals surface area (Å²) in [6.07, 6.45) is 0.689. The number of rotatable bonds is 4. The Bertz CT molecular complexity index is 639. The van der Waals surface area contributed by atoms with Gasteiger partial charge in [0.25, 0.3) is 0 Å². The van der Waals surface area contributed by atoms with Crippen LogP contribution in [0.25, 0.3) is 0 Å². The normalized spacial score (nSPS) is 10.2. The smallest absolute Gasteiger partial charge is 0.311 e. The number of nitrogen functional groups attached to an aromatic ring is 2. The number of benzene rings is 1. The maximum absolute atomic E-state index is 11.1. The number of nitro groups is 1. The Labute approximate surface area is 114 Å². The minimum absolute atomic E-state index is 0.0577. The van der Waals surface area contributed by atoms with Crippen LogP contribution in [0, 0.1) is 10.1 Å². The lowest BCUT2D eigenvalue weighted by molar-refractivity contribution is -0.385. The summed E-state index contributed by atoms with van der Waals surface area (Å²) in [6.45, 7) is 1.91. The van der Waals surface area contributed by atoms with E-state index in [-0.39, 0.29) is 29.1 Å². The first-order chi connectivity index (χ1) is 9.49. The van der Waals surface area contributed by atoms with E-state index >= 15 is 0 Å². The SMILES string of the molecule is CCc1ccc(Oc2cc(N)nc(N)n2)c([N+](=O)[O-])c1. The van der Waals surface area contributed by atoms with Crippen LogP contribution in [-0.2, 0) is 6.42 Å². The molecule has 0 unspecified atom stereocenters. The monoisotopic (exact) mass is 275 g/mol. The summed E-state index contributed by atoms with van der Waals surface area (Å²) in [7, 11) is 0. The highest BCUT2D eigenvalue weighted by atomic mass is 16.6. The zero-order valence-electron chi connectivity index (χ0n) is 10.7. The highest BCUT2D eigenvalue weighted by Gasteiger charge is 2.17. The van der Waals surface area contributed by atoms with Crippen LogP contribution < -0.4 is 16.2 Å². The molecule has 0 fully saturated rings. The fraction of sp³-hybridized carbons (Fsp3) is 0.167. The average Bonchev–Trinajstić information content (AvgIpc) is 2.37. The number of anilines is 2. The molecule has 0 spiro atoms. The van der Waals surface area contributed by atoms with E-state index in [1.54, 1.807) is 6.07 Å². The van der Waals surface area contributed by atoms with Gasteiger partial charge in [-0.3, -0.25) is 10.1 Å². The van der Waals surface area contributed by atoms with Crippen LogP contribution in [0.2, 0.25) is 0 Å². The van der Waals surface area contributed by atoms with Gasteiger partial charge in [-0.1, -0.05) is 13.0 Å². The van der Waals surface area contributed by atoms with Crippen LogP contribution in [-0.4, -0.2) is 14.9 Å². The largest absolute Gasteiger partial charge is 0.432 e. The molecule has 1 heterocycles. The number of nitro benzene ring substituents is 1. The van der Waals surface area contributed by atoms with Gasteiger partial charge in [0.05, 0.1) is 4.92 Å². The average molecular weight is 275 g/mol. The first-order valence-corrected chi connectivity index (χ1v) is 5.84. The summed E-state index contributed by atoms with van der Waals surface area (Å²) in [5, 5.41) is 11.1. The van der Waals surface area contributed by atoms with E-state index in [0.717, 1.165) is 5.56 Å². The van der Waals surface area contributed by atoms with Crippen LogP contribution in [0.5, 0.6) is 11.6 Å². The van der Waals surface area contributed by atoms with E-state index in [1.807, 2.05) is 6.92 Å². The van der Waals surface area contributed by atoms with Crippen molar-refractivity contribution in [3.05, 3.63) is 39.9 Å². The number of nitrogens with zero attached hydrogens (tertiary/aromatic N) is 3. The van der Waals surface area contributed by atoms with Gasteiger partial charge < -0.3 is 16.2 Å². The lowest BCUT2D eigenvalue weighted by Crippen LogP contribution is -2.02. The molecule has 0 bridgehead atoms. The molecule has 2 aromatic rings. The molecule has 20 heavy (non-hydrogen) atoms. The highest BCUT2D eigenvalue weighted by Crippen LogP contribution is 2.32. The zero-order chi connectivity index (χ0) is 14.7. The van der Waals surface area contributed by atoms with Crippen molar-refractivity contribution >= 4 is 17.5 Å². The summed E-state index contributed by atoms with van der Waals surface area (Å²) in [6, 6.07) is 6.07. The van der Waals surface area contributed by atoms with E-state index in [9.17, 15) is 10.1 Å². The quantitative estimate of drug-likeness (QED) is 0.643. The third-order valence-electron chi connectivity index (χ3n) is 2.58. The van der Waals surface area contributed by atoms with Gasteiger partial charge in [0.2, 0.25) is 17.6 Å². The number of hydrogen-bond acceptors (Lipinski definition) is 7. The Balaban J connectivity index is 2.39. The first kappa shape index (κ1) is 13.5. The Hall–Kier alpha value is -2.90. The maximum atomic E-state index is 11.1. The van der Waals surface area contributed by atoms with E-state index in [1.165, 1.54) is 18.2 Å². The van der Waals surface area contributed by atoms with Gasteiger partial charge in [0.1, 0.15) is 5.82 Å². The number of hydrogen-bond donors (Lipinski definition) is 2. The van der Waals surface area contributed by atoms with Crippen LogP contribution in [0.4, 0.5) is 17.5 Å². The predicted molar refractivity (Wildman–Crippen MR) is 73.4 cm³/mol. The van der Waals surface area contributed by atoms with Crippen molar-refractivity contribution in [1.82, 2.24) is 9.97 Å². The second-order valence-corrected chi connectivity index (χ2v) is 4.00. The summed E-state index contributed by atoms with van der Waals surface area (Å²) < 4.78 is 5.38. The van der Waals surface area contributed by atoms with Crippen LogP contribution in [0.1, 0.15) is 12.5 Å². The second-order valence-electron chi connectivity index (χ2n) is 4.00. The first-order valence-electron chi connectivity index (χ1n) is 5.84. The predicted octanol–water partition coefficient (Wildman–Crippen LogP) is 1.90. The standard InChI is InChI=1S/C12H13N5O3/c1-2-7-3-4-9(8(5-7)17(18)19)20-11-6-10(13)15-12(14)16-11/h3-6H,2H2,1H3,(H4,13,14,15,16). The molecule has 0 radical (unpaired) electrons. The number of aryl methyl sites for hydroxylation is 1. The Morgan fingerprint density at radius 1 is 1.30 bits per heavy atom. The molecule has 0 saturated carbocycles. The molecule has 0 atom stereocenters. The molecular formula is C12H13N5O3. The molecule has 104 valence electrons. The number of aromatic nitrogens is 2. The summed E-state index contributed by atoms with van der Waals surface area (Å²) >= 11 is 0. The van der Waals surface area contributed by atoms with Crippen molar-refractivity contribution in [1.29, 1.82) is 0 Å². The van der Waals surface area contributed by atoms with E-state index in [0.29, 0.717) is 6.42 Å². The van der Waals surface area contributed by atoms with Crippen LogP contribution in [0.15, 0.2) is 24.3 Å². The number of nitrogens with two attached hydrogens (primary N) is 2. The molecule has 0 aliphatic heterocycles. The van der Waals surface area contributed by atoms with Gasteiger partial charge in [-0.25, -0.2) is 0 Å². The molecular weight excluding hydrogens is 262 g/mol. The topological polar surface area (TPSA) is 130 Å². The third kappa shape index (κ3) is 2.91. The lowest BCUT2D eigenvalue weighted by Gasteiger charge is -2.07. The van der Waals surface area contributed by atoms with Gasteiger partial charge >= 0.3 is 5.69 Å². The Morgan fingerprint density at radius 2 is 2.05 bits per heavy atom. The highest BCUT2D eigenvalue weighted by molar-refractivity contribution is 5.51. The van der Waals surface area contributed by atoms with Crippen molar-refractivity contribution in [2.24, 2.45) is 0 Å². The Morgan fingerprint density at radius 3 is 2.65 bits per heavy atom. The van der Waals surface area contributed by atoms with Crippen molar-refractivity contribution in [2.45, 2.75) is 13.3 Å². The molecule has 0 saturated heterocycles. The van der Waals surface area contributed by atoms with Gasteiger partial charge in [0.15, 0.2) is 0 Å². The molecule has 2 rings (SSSR count). The molecule has 8 nitrogen and oxygen atoms in total. The van der Waals surface area contributed by atoms with Gasteiger partial charge in [-0.15, -0.1) is 0 Å². The van der Waals surface area contributed by atoms with Gasteiger partial charge in [-0.05, 0) is 18.1 Å². The van der Waals surface area contributed by atoms with Gasteiger partial charge in [-0.2, -0.15) is 9.97 Å². The molecule has 0 aliphatic carbocycles. The molecule has 0 amide bonds. The van der Waals surface area contributed by atoms with E-state index < -0.39 is 4.92 Å². The molecule has 8 heteroatoms. The summed E-state index contributed by atoms with van der Waals surface area (Å²) in [4.78, 5) is 18.1. The maximum Gasteiger partial charge on any atom is 0.311 e. The second kappa shape index (κ2) is 5.39. The van der Waals surface area contributed by atoms with Crippen LogP contribution >= 0.6 is 0 Å². The minimum Gasteiger partial charge on any atom is -0.432 e. The van der Waals surface area contributed by atoms with Crippen LogP contribution in [0.3, 0.4) is 0 Å². The van der Waals surface area contributed by atoms with Crippen molar-refractivity contribution in [3.63, 3.8) is 0 Å². The molecule has 1 aromatic heterocycles.